The zero-order chi connectivity index (χ0) is 18.8. The Hall–Kier alpha value is -2.24. The number of likely N-dealkylation sites (tertiary alicyclic amines) is 1. The number of rotatable bonds is 2. The van der Waals surface area contributed by atoms with Gasteiger partial charge in [-0.05, 0) is 57.4 Å². The van der Waals surface area contributed by atoms with Crippen molar-refractivity contribution in [3.63, 3.8) is 0 Å². The number of hydrogen-bond donors (Lipinski definition) is 0. The van der Waals surface area contributed by atoms with Crippen molar-refractivity contribution < 1.29 is 19.2 Å². The molecule has 1 aromatic carbocycles. The van der Waals surface area contributed by atoms with E-state index in [9.17, 15) is 9.59 Å². The fraction of sp³-hybridized carbons (Fsp3) is 0.600. The zero-order valence-electron chi connectivity index (χ0n) is 15.9. The lowest BCUT2D eigenvalue weighted by Crippen LogP contribution is -2.50. The third kappa shape index (κ3) is 4.48. The number of carbonyl (C=O) groups excluding carboxylic acids is 2. The molecule has 1 aliphatic heterocycles. The molecule has 1 heterocycles. The van der Waals surface area contributed by atoms with Crippen LogP contribution in [0.1, 0.15) is 52.0 Å². The molecule has 2 fully saturated rings. The average Bonchev–Trinajstić information content (AvgIpc) is 3.37. The first-order chi connectivity index (χ1) is 12.3. The highest BCUT2D eigenvalue weighted by molar-refractivity contribution is 5.73. The fourth-order valence-corrected chi connectivity index (χ4v) is 3.20. The van der Waals surface area contributed by atoms with Crippen molar-refractivity contribution in [2.24, 2.45) is 5.41 Å². The van der Waals surface area contributed by atoms with E-state index < -0.39 is 17.7 Å². The van der Waals surface area contributed by atoms with E-state index in [1.54, 1.807) is 25.7 Å². The van der Waals surface area contributed by atoms with Crippen molar-refractivity contribution in [3.8, 4) is 0 Å². The number of hydrogen-bond acceptors (Lipinski definition) is 4. The summed E-state index contributed by atoms with van der Waals surface area (Å²) in [6, 6.07) is 9.42. The zero-order valence-corrected chi connectivity index (χ0v) is 15.9. The van der Waals surface area contributed by atoms with Crippen molar-refractivity contribution in [1.82, 2.24) is 9.96 Å². The highest BCUT2D eigenvalue weighted by Crippen LogP contribution is 2.53. The average molecular weight is 360 g/mol. The lowest BCUT2D eigenvalue weighted by atomic mass is 9.94. The van der Waals surface area contributed by atoms with Gasteiger partial charge in [0.25, 0.3) is 0 Å². The minimum Gasteiger partial charge on any atom is -0.442 e. The van der Waals surface area contributed by atoms with Crippen LogP contribution in [0.3, 0.4) is 0 Å². The van der Waals surface area contributed by atoms with Gasteiger partial charge in [-0.2, -0.15) is 0 Å². The molecule has 26 heavy (non-hydrogen) atoms. The first-order valence-electron chi connectivity index (χ1n) is 9.27. The quantitative estimate of drug-likeness (QED) is 0.736. The predicted molar refractivity (Wildman–Crippen MR) is 97.2 cm³/mol. The Labute approximate surface area is 155 Å². The van der Waals surface area contributed by atoms with Crippen LogP contribution in [0.15, 0.2) is 30.3 Å². The molecular weight excluding hydrogens is 332 g/mol. The fourth-order valence-electron chi connectivity index (χ4n) is 3.20. The van der Waals surface area contributed by atoms with Gasteiger partial charge in [-0.3, -0.25) is 0 Å². The topological polar surface area (TPSA) is 59.1 Å². The van der Waals surface area contributed by atoms with Crippen molar-refractivity contribution >= 4 is 12.2 Å². The van der Waals surface area contributed by atoms with Crippen LogP contribution in [0.25, 0.3) is 0 Å². The molecule has 0 bridgehead atoms. The Morgan fingerprint density at radius 3 is 2.23 bits per heavy atom. The number of ether oxygens (including phenoxy) is 1. The molecule has 0 aromatic heterocycles. The minimum atomic E-state index is -0.697. The summed E-state index contributed by atoms with van der Waals surface area (Å²) in [5, 5.41) is 1.04. The van der Waals surface area contributed by atoms with Gasteiger partial charge in [0.1, 0.15) is 6.61 Å². The van der Waals surface area contributed by atoms with Gasteiger partial charge in [0, 0.05) is 13.1 Å². The number of piperidine rings is 1. The summed E-state index contributed by atoms with van der Waals surface area (Å²) in [6.07, 6.45) is 3.45. The van der Waals surface area contributed by atoms with E-state index in [1.807, 2.05) is 30.3 Å². The number of amides is 2. The molecule has 1 spiro atoms. The molecule has 1 aromatic rings. The smallest absolute Gasteiger partial charge is 0.442 e. The van der Waals surface area contributed by atoms with Gasteiger partial charge in [-0.1, -0.05) is 30.3 Å². The molecule has 0 atom stereocenters. The van der Waals surface area contributed by atoms with Crippen LogP contribution in [0.5, 0.6) is 0 Å². The van der Waals surface area contributed by atoms with Gasteiger partial charge in [-0.15, -0.1) is 5.06 Å². The second kappa shape index (κ2) is 7.17. The van der Waals surface area contributed by atoms with Crippen LogP contribution >= 0.6 is 0 Å². The summed E-state index contributed by atoms with van der Waals surface area (Å²) in [4.78, 5) is 32.1. The molecule has 0 radical (unpaired) electrons. The van der Waals surface area contributed by atoms with Crippen molar-refractivity contribution in [3.05, 3.63) is 35.9 Å². The summed E-state index contributed by atoms with van der Waals surface area (Å²) >= 11 is 0. The molecule has 142 valence electrons. The second-order valence-corrected chi connectivity index (χ2v) is 8.35. The van der Waals surface area contributed by atoms with Gasteiger partial charge in [-0.25, -0.2) is 9.59 Å². The summed E-state index contributed by atoms with van der Waals surface area (Å²) in [5.41, 5.74) is 0.665. The molecule has 1 saturated carbocycles. The SMILES string of the molecule is CC(C)(C)N(OC(=O)N1CCC2(CC1)CC2)C(=O)OCc1ccccc1. The minimum absolute atomic E-state index is 0.135. The molecule has 2 aliphatic rings. The maximum Gasteiger partial charge on any atom is 0.444 e. The first-order valence-corrected chi connectivity index (χ1v) is 9.27. The van der Waals surface area contributed by atoms with Gasteiger partial charge < -0.3 is 14.5 Å². The van der Waals surface area contributed by atoms with E-state index in [-0.39, 0.29) is 6.61 Å². The van der Waals surface area contributed by atoms with Gasteiger partial charge >= 0.3 is 12.2 Å². The van der Waals surface area contributed by atoms with Crippen LogP contribution in [0.4, 0.5) is 9.59 Å². The molecule has 0 unspecified atom stereocenters. The summed E-state index contributed by atoms with van der Waals surface area (Å²) in [6.45, 7) is 6.93. The summed E-state index contributed by atoms with van der Waals surface area (Å²) in [7, 11) is 0. The van der Waals surface area contributed by atoms with Gasteiger partial charge in [0.2, 0.25) is 0 Å². The van der Waals surface area contributed by atoms with Crippen molar-refractivity contribution in [2.45, 2.75) is 58.6 Å². The van der Waals surface area contributed by atoms with E-state index >= 15 is 0 Å². The van der Waals surface area contributed by atoms with Crippen molar-refractivity contribution in [1.29, 1.82) is 0 Å². The number of benzene rings is 1. The second-order valence-electron chi connectivity index (χ2n) is 8.35. The predicted octanol–water partition coefficient (Wildman–Crippen LogP) is 4.35. The lowest BCUT2D eigenvalue weighted by molar-refractivity contribution is -0.145. The Bertz CT molecular complexity index is 640. The Morgan fingerprint density at radius 2 is 1.69 bits per heavy atom. The van der Waals surface area contributed by atoms with E-state index in [0.29, 0.717) is 18.5 Å². The Balaban J connectivity index is 1.56. The van der Waals surface area contributed by atoms with Gasteiger partial charge in [0.15, 0.2) is 0 Å². The van der Waals surface area contributed by atoms with Gasteiger partial charge in [0.05, 0.1) is 5.54 Å². The van der Waals surface area contributed by atoms with Crippen LogP contribution in [0.2, 0.25) is 0 Å². The summed E-state index contributed by atoms with van der Waals surface area (Å²) < 4.78 is 5.34. The lowest BCUT2D eigenvalue weighted by Gasteiger charge is -2.36. The summed E-state index contributed by atoms with van der Waals surface area (Å²) in [5.74, 6) is 0. The highest BCUT2D eigenvalue weighted by atomic mass is 16.8. The molecule has 6 nitrogen and oxygen atoms in total. The van der Waals surface area contributed by atoms with E-state index in [1.165, 1.54) is 12.8 Å². The van der Waals surface area contributed by atoms with Crippen LogP contribution < -0.4 is 0 Å². The molecule has 3 rings (SSSR count). The van der Waals surface area contributed by atoms with Crippen LogP contribution in [-0.2, 0) is 16.2 Å². The molecular formula is C20H28N2O4. The van der Waals surface area contributed by atoms with E-state index in [2.05, 4.69) is 0 Å². The molecule has 2 amide bonds. The molecule has 1 saturated heterocycles. The molecule has 1 aliphatic carbocycles. The van der Waals surface area contributed by atoms with E-state index in [0.717, 1.165) is 23.5 Å². The highest BCUT2D eigenvalue weighted by Gasteiger charge is 2.46. The van der Waals surface area contributed by atoms with Crippen LogP contribution in [-0.4, -0.2) is 40.8 Å². The van der Waals surface area contributed by atoms with E-state index in [4.69, 9.17) is 9.57 Å². The normalized spacial score (nSPS) is 18.3. The monoisotopic (exact) mass is 360 g/mol. The van der Waals surface area contributed by atoms with Crippen molar-refractivity contribution in [2.75, 3.05) is 13.1 Å². The number of carbonyl (C=O) groups is 2. The first kappa shape index (κ1) is 18.5. The third-order valence-electron chi connectivity index (χ3n) is 5.19. The molecule has 0 N–H and O–H groups in total. The largest absolute Gasteiger partial charge is 0.444 e. The standard InChI is InChI=1S/C20H28N2O4/c1-19(2,3)22(18(24)25-15-16-7-5-4-6-8-16)26-17(23)21-13-11-20(9-10-20)12-14-21/h4-8H,9-15H2,1-3H3. The maximum atomic E-state index is 12.5. The Kier molecular flexibility index (Phi) is 5.12. The Morgan fingerprint density at radius 1 is 1.08 bits per heavy atom. The number of nitrogens with zero attached hydrogens (tertiary/aromatic N) is 2. The van der Waals surface area contributed by atoms with Crippen LogP contribution in [0, 0.1) is 5.41 Å². The maximum absolute atomic E-state index is 12.5. The number of hydroxylamine groups is 2. The third-order valence-corrected chi connectivity index (χ3v) is 5.19. The molecule has 6 heteroatoms.